The molecule has 6 heteroatoms. The zero-order chi connectivity index (χ0) is 21.9. The van der Waals surface area contributed by atoms with Crippen LogP contribution in [0.25, 0.3) is 16.7 Å². The molecule has 1 heterocycles. The minimum atomic E-state index is -1.17. The molecule has 0 saturated carbocycles. The van der Waals surface area contributed by atoms with Crippen LogP contribution in [0.5, 0.6) is 0 Å². The van der Waals surface area contributed by atoms with Gasteiger partial charge in [-0.2, -0.15) is 0 Å². The van der Waals surface area contributed by atoms with E-state index in [9.17, 15) is 9.59 Å². The molecule has 2 aromatic rings. The molecule has 1 aliphatic heterocycles. The van der Waals surface area contributed by atoms with E-state index in [0.29, 0.717) is 6.42 Å². The van der Waals surface area contributed by atoms with Crippen molar-refractivity contribution < 1.29 is 24.2 Å². The molecule has 2 aromatic carbocycles. The molecule has 0 aromatic heterocycles. The Labute approximate surface area is 182 Å². The van der Waals surface area contributed by atoms with E-state index in [2.05, 4.69) is 35.7 Å². The van der Waals surface area contributed by atoms with Gasteiger partial charge in [0.2, 0.25) is 0 Å². The Hall–Kier alpha value is -3.22. The van der Waals surface area contributed by atoms with Crippen LogP contribution in [0.1, 0.15) is 17.5 Å². The Kier molecular flexibility index (Phi) is 8.58. The molecular weight excluding hydrogens is 394 g/mol. The molecule has 4 rings (SSSR count). The van der Waals surface area contributed by atoms with Crippen LogP contribution in [-0.4, -0.2) is 50.0 Å². The van der Waals surface area contributed by atoms with Crippen molar-refractivity contribution in [1.82, 2.24) is 5.32 Å². The van der Waals surface area contributed by atoms with Gasteiger partial charge in [-0.15, -0.1) is 0 Å². The molecule has 1 fully saturated rings. The number of carbonyl (C=O) groups excluding carboxylic acids is 1. The van der Waals surface area contributed by atoms with Crippen LogP contribution in [0.2, 0.25) is 0 Å². The highest BCUT2D eigenvalue weighted by Gasteiger charge is 2.17. The highest BCUT2D eigenvalue weighted by Crippen LogP contribution is 2.36. The third-order valence-electron chi connectivity index (χ3n) is 4.98. The van der Waals surface area contributed by atoms with Crippen molar-refractivity contribution in [3.63, 3.8) is 0 Å². The standard InChI is InChI=1S/C21H18O4.C4H9NO/c22-20(23)11-12-21(24)25-14-13-16-9-10-19-17(7-4-8-18(16)19)15-5-2-1-3-6-15;1-3-6-4-2-5-1/h1-9,11-12H,10,13-14H2,(H,22,23);5H,1-4H2/b12-11-;. The number of nitrogens with one attached hydrogen (secondary N) is 1. The van der Waals surface area contributed by atoms with Gasteiger partial charge >= 0.3 is 11.9 Å². The van der Waals surface area contributed by atoms with Crippen LogP contribution in [0.4, 0.5) is 0 Å². The second kappa shape index (κ2) is 11.8. The van der Waals surface area contributed by atoms with E-state index in [1.807, 2.05) is 24.3 Å². The van der Waals surface area contributed by atoms with Crippen molar-refractivity contribution in [1.29, 1.82) is 0 Å². The van der Waals surface area contributed by atoms with Gasteiger partial charge in [0.15, 0.2) is 0 Å². The van der Waals surface area contributed by atoms with E-state index >= 15 is 0 Å². The quantitative estimate of drug-likeness (QED) is 0.549. The molecule has 2 aliphatic rings. The van der Waals surface area contributed by atoms with Crippen molar-refractivity contribution in [3.8, 4) is 11.1 Å². The van der Waals surface area contributed by atoms with Gasteiger partial charge in [0.25, 0.3) is 0 Å². The normalized spacial score (nSPS) is 14.9. The molecule has 1 saturated heterocycles. The number of morpholine rings is 1. The van der Waals surface area contributed by atoms with Gasteiger partial charge < -0.3 is 19.9 Å². The minimum absolute atomic E-state index is 0.226. The molecule has 1 aliphatic carbocycles. The molecule has 2 N–H and O–H groups in total. The fraction of sp³-hybridized carbons (Fsp3) is 0.280. The van der Waals surface area contributed by atoms with Gasteiger partial charge in [0.05, 0.1) is 19.8 Å². The van der Waals surface area contributed by atoms with Crippen molar-refractivity contribution in [2.75, 3.05) is 32.9 Å². The zero-order valence-corrected chi connectivity index (χ0v) is 17.4. The van der Waals surface area contributed by atoms with Crippen molar-refractivity contribution in [3.05, 3.63) is 77.9 Å². The summed E-state index contributed by atoms with van der Waals surface area (Å²) < 4.78 is 10.1. The number of ether oxygens (including phenoxy) is 2. The van der Waals surface area contributed by atoms with Gasteiger partial charge in [-0.1, -0.05) is 54.6 Å². The number of fused-ring (bicyclic) bond motifs is 1. The number of allylic oxidation sites excluding steroid dienone is 1. The van der Waals surface area contributed by atoms with Gasteiger partial charge in [0, 0.05) is 31.7 Å². The van der Waals surface area contributed by atoms with E-state index in [-0.39, 0.29) is 6.61 Å². The number of esters is 1. The first-order chi connectivity index (χ1) is 15.1. The number of carboxylic acids is 1. The second-order valence-corrected chi connectivity index (χ2v) is 7.08. The molecule has 0 unspecified atom stereocenters. The molecule has 31 heavy (non-hydrogen) atoms. The third kappa shape index (κ3) is 6.91. The molecule has 0 atom stereocenters. The Balaban J connectivity index is 0.000000391. The molecule has 6 nitrogen and oxygen atoms in total. The summed E-state index contributed by atoms with van der Waals surface area (Å²) in [6, 6.07) is 16.5. The molecule has 0 amide bonds. The third-order valence-corrected chi connectivity index (χ3v) is 4.98. The van der Waals surface area contributed by atoms with Crippen LogP contribution in [0.3, 0.4) is 0 Å². The van der Waals surface area contributed by atoms with E-state index < -0.39 is 11.9 Å². The highest BCUT2D eigenvalue weighted by atomic mass is 16.5. The van der Waals surface area contributed by atoms with Crippen molar-refractivity contribution in [2.24, 2.45) is 0 Å². The number of rotatable bonds is 6. The number of hydrogen-bond acceptors (Lipinski definition) is 5. The fourth-order valence-corrected chi connectivity index (χ4v) is 3.53. The molecule has 0 radical (unpaired) electrons. The zero-order valence-electron chi connectivity index (χ0n) is 17.4. The summed E-state index contributed by atoms with van der Waals surface area (Å²) in [5, 5.41) is 11.6. The SMILES string of the molecule is C1COCCN1.O=C(O)/C=C\C(=O)OCCC1=CCc2c1cccc2-c1ccccc1. The van der Waals surface area contributed by atoms with Gasteiger partial charge in [-0.3, -0.25) is 0 Å². The van der Waals surface area contributed by atoms with Crippen LogP contribution >= 0.6 is 0 Å². The summed E-state index contributed by atoms with van der Waals surface area (Å²) in [7, 11) is 0. The first-order valence-corrected chi connectivity index (χ1v) is 10.4. The molecular formula is C25H27NO5. The number of carboxylic acid groups (broad SMARTS) is 1. The predicted octanol–water partition coefficient (Wildman–Crippen LogP) is 3.47. The molecule has 0 spiro atoms. The van der Waals surface area contributed by atoms with Gasteiger partial charge in [-0.25, -0.2) is 9.59 Å². The molecule has 162 valence electrons. The highest BCUT2D eigenvalue weighted by molar-refractivity contribution is 5.90. The average molecular weight is 421 g/mol. The van der Waals surface area contributed by atoms with E-state index in [1.165, 1.54) is 22.3 Å². The number of carbonyl (C=O) groups is 2. The predicted molar refractivity (Wildman–Crippen MR) is 120 cm³/mol. The summed E-state index contributed by atoms with van der Waals surface area (Å²) in [4.78, 5) is 21.8. The lowest BCUT2D eigenvalue weighted by molar-refractivity contribution is -0.138. The largest absolute Gasteiger partial charge is 0.478 e. The Morgan fingerprint density at radius 2 is 1.74 bits per heavy atom. The van der Waals surface area contributed by atoms with Crippen molar-refractivity contribution in [2.45, 2.75) is 12.8 Å². The van der Waals surface area contributed by atoms with Crippen molar-refractivity contribution >= 4 is 17.5 Å². The van der Waals surface area contributed by atoms with E-state index in [4.69, 9.17) is 14.6 Å². The smallest absolute Gasteiger partial charge is 0.331 e. The summed E-state index contributed by atoms with van der Waals surface area (Å²) >= 11 is 0. The summed E-state index contributed by atoms with van der Waals surface area (Å²) in [6.07, 6.45) is 5.34. The Morgan fingerprint density at radius 1 is 1.00 bits per heavy atom. The van der Waals surface area contributed by atoms with Crippen LogP contribution in [-0.2, 0) is 25.5 Å². The maximum atomic E-state index is 11.4. The maximum absolute atomic E-state index is 11.4. The van der Waals surface area contributed by atoms with Crippen LogP contribution in [0, 0.1) is 0 Å². The van der Waals surface area contributed by atoms with Crippen LogP contribution < -0.4 is 5.32 Å². The van der Waals surface area contributed by atoms with Gasteiger partial charge in [0.1, 0.15) is 0 Å². The monoisotopic (exact) mass is 421 g/mol. The van der Waals surface area contributed by atoms with Crippen LogP contribution in [0.15, 0.2) is 66.8 Å². The Bertz CT molecular complexity index is 934. The summed E-state index contributed by atoms with van der Waals surface area (Å²) in [5.74, 6) is -1.81. The second-order valence-electron chi connectivity index (χ2n) is 7.08. The summed E-state index contributed by atoms with van der Waals surface area (Å²) in [5.41, 5.74) is 6.06. The number of hydrogen-bond donors (Lipinski definition) is 2. The van der Waals surface area contributed by atoms with E-state index in [0.717, 1.165) is 50.4 Å². The summed E-state index contributed by atoms with van der Waals surface area (Å²) in [6.45, 7) is 4.06. The lowest BCUT2D eigenvalue weighted by atomic mass is 9.94. The average Bonchev–Trinajstić information content (AvgIpc) is 3.23. The first-order valence-electron chi connectivity index (χ1n) is 10.4. The Morgan fingerprint density at radius 3 is 2.39 bits per heavy atom. The molecule has 0 bridgehead atoms. The lowest BCUT2D eigenvalue weighted by Crippen LogP contribution is -2.30. The topological polar surface area (TPSA) is 84.9 Å². The fourth-order valence-electron chi connectivity index (χ4n) is 3.53. The van der Waals surface area contributed by atoms with E-state index in [1.54, 1.807) is 0 Å². The first kappa shape index (κ1) is 22.5. The minimum Gasteiger partial charge on any atom is -0.478 e. The lowest BCUT2D eigenvalue weighted by Gasteiger charge is -2.11. The number of aliphatic carboxylic acids is 1. The number of benzene rings is 2. The van der Waals surface area contributed by atoms with Gasteiger partial charge in [-0.05, 0) is 34.2 Å². The maximum Gasteiger partial charge on any atom is 0.331 e.